The van der Waals surface area contributed by atoms with Crippen molar-refractivity contribution < 1.29 is 28.9 Å². The SMILES string of the molecule is CC(C)Oc1c(O)c2c(OCC(=O)O)cccc2oc1=O. The summed E-state index contributed by atoms with van der Waals surface area (Å²) in [5, 5.41) is 19.0. The molecule has 0 aliphatic heterocycles. The van der Waals surface area contributed by atoms with E-state index in [0.717, 1.165) is 0 Å². The largest absolute Gasteiger partial charge is 0.503 e. The second-order valence-corrected chi connectivity index (χ2v) is 4.55. The number of carboxylic acid groups (broad SMARTS) is 1. The van der Waals surface area contributed by atoms with Gasteiger partial charge in [-0.2, -0.15) is 0 Å². The fraction of sp³-hybridized carbons (Fsp3) is 0.286. The van der Waals surface area contributed by atoms with Gasteiger partial charge >= 0.3 is 11.6 Å². The Morgan fingerprint density at radius 1 is 1.38 bits per heavy atom. The van der Waals surface area contributed by atoms with Crippen LogP contribution in [0.15, 0.2) is 27.4 Å². The lowest BCUT2D eigenvalue weighted by atomic mass is 10.2. The molecule has 0 unspecified atom stereocenters. The molecule has 0 aliphatic carbocycles. The van der Waals surface area contributed by atoms with Gasteiger partial charge in [-0.25, -0.2) is 9.59 Å². The third-order valence-corrected chi connectivity index (χ3v) is 2.53. The lowest BCUT2D eigenvalue weighted by Gasteiger charge is -2.13. The summed E-state index contributed by atoms with van der Waals surface area (Å²) in [5.74, 6) is -1.84. The van der Waals surface area contributed by atoms with Gasteiger partial charge in [0, 0.05) is 0 Å². The lowest BCUT2D eigenvalue weighted by Crippen LogP contribution is -2.14. The van der Waals surface area contributed by atoms with Gasteiger partial charge in [-0.3, -0.25) is 0 Å². The van der Waals surface area contributed by atoms with Crippen LogP contribution in [0.5, 0.6) is 17.2 Å². The molecule has 2 N–H and O–H groups in total. The van der Waals surface area contributed by atoms with E-state index in [-0.39, 0.29) is 28.6 Å². The molecule has 0 saturated carbocycles. The summed E-state index contributed by atoms with van der Waals surface area (Å²) >= 11 is 0. The van der Waals surface area contributed by atoms with Gasteiger partial charge in [0.15, 0.2) is 12.4 Å². The fourth-order valence-electron chi connectivity index (χ4n) is 1.79. The normalized spacial score (nSPS) is 10.8. The second-order valence-electron chi connectivity index (χ2n) is 4.55. The molecular weight excluding hydrogens is 280 g/mol. The van der Waals surface area contributed by atoms with Crippen LogP contribution in [-0.2, 0) is 4.79 Å². The van der Waals surface area contributed by atoms with Crippen molar-refractivity contribution in [2.45, 2.75) is 20.0 Å². The number of rotatable bonds is 5. The molecule has 7 heteroatoms. The number of ether oxygens (including phenoxy) is 2. The van der Waals surface area contributed by atoms with Crippen LogP contribution in [0.4, 0.5) is 0 Å². The van der Waals surface area contributed by atoms with Gasteiger partial charge in [-0.15, -0.1) is 0 Å². The molecule has 21 heavy (non-hydrogen) atoms. The molecule has 1 heterocycles. The molecule has 0 aliphatic rings. The Bertz CT molecular complexity index is 730. The molecule has 112 valence electrons. The first-order valence-electron chi connectivity index (χ1n) is 6.20. The zero-order valence-corrected chi connectivity index (χ0v) is 11.5. The highest BCUT2D eigenvalue weighted by molar-refractivity contribution is 5.91. The summed E-state index contributed by atoms with van der Waals surface area (Å²) in [5.41, 5.74) is -0.736. The third kappa shape index (κ3) is 3.07. The van der Waals surface area contributed by atoms with E-state index in [1.54, 1.807) is 13.8 Å². The number of aliphatic carboxylic acids is 1. The fourth-order valence-corrected chi connectivity index (χ4v) is 1.79. The zero-order chi connectivity index (χ0) is 15.6. The van der Waals surface area contributed by atoms with E-state index in [4.69, 9.17) is 19.0 Å². The Morgan fingerprint density at radius 3 is 2.71 bits per heavy atom. The zero-order valence-electron chi connectivity index (χ0n) is 11.5. The number of hydrogen-bond acceptors (Lipinski definition) is 6. The van der Waals surface area contributed by atoms with Crippen LogP contribution >= 0.6 is 0 Å². The number of aromatic hydroxyl groups is 1. The highest BCUT2D eigenvalue weighted by Crippen LogP contribution is 2.37. The molecule has 0 atom stereocenters. The van der Waals surface area contributed by atoms with Crippen LogP contribution in [-0.4, -0.2) is 28.9 Å². The van der Waals surface area contributed by atoms with Gasteiger partial charge in [0.2, 0.25) is 5.75 Å². The van der Waals surface area contributed by atoms with Crippen molar-refractivity contribution in [2.75, 3.05) is 6.61 Å². The molecule has 0 spiro atoms. The van der Waals surface area contributed by atoms with Gasteiger partial charge in [-0.05, 0) is 26.0 Å². The van der Waals surface area contributed by atoms with E-state index in [1.165, 1.54) is 18.2 Å². The Kier molecular flexibility index (Phi) is 4.02. The monoisotopic (exact) mass is 294 g/mol. The van der Waals surface area contributed by atoms with Crippen molar-refractivity contribution in [3.63, 3.8) is 0 Å². The molecular formula is C14H14O7. The van der Waals surface area contributed by atoms with Gasteiger partial charge in [0.1, 0.15) is 16.7 Å². The third-order valence-electron chi connectivity index (χ3n) is 2.53. The van der Waals surface area contributed by atoms with Crippen LogP contribution in [0, 0.1) is 0 Å². The number of carbonyl (C=O) groups is 1. The molecule has 2 aromatic rings. The molecule has 0 bridgehead atoms. The van der Waals surface area contributed by atoms with Crippen molar-refractivity contribution in [1.82, 2.24) is 0 Å². The summed E-state index contributed by atoms with van der Waals surface area (Å²) in [4.78, 5) is 22.4. The first-order valence-corrected chi connectivity index (χ1v) is 6.20. The number of fused-ring (bicyclic) bond motifs is 1. The highest BCUT2D eigenvalue weighted by atomic mass is 16.5. The number of hydrogen-bond donors (Lipinski definition) is 2. The Labute approximate surface area is 119 Å². The van der Waals surface area contributed by atoms with Crippen molar-refractivity contribution in [1.29, 1.82) is 0 Å². The first-order chi connectivity index (χ1) is 9.90. The maximum absolute atomic E-state index is 11.8. The van der Waals surface area contributed by atoms with E-state index >= 15 is 0 Å². The van der Waals surface area contributed by atoms with Gasteiger partial charge in [0.25, 0.3) is 0 Å². The molecule has 0 radical (unpaired) electrons. The number of benzene rings is 1. The summed E-state index contributed by atoms with van der Waals surface area (Å²) < 4.78 is 15.4. The molecule has 0 fully saturated rings. The summed E-state index contributed by atoms with van der Waals surface area (Å²) in [6, 6.07) is 4.44. The predicted molar refractivity (Wildman–Crippen MR) is 73.0 cm³/mol. The minimum atomic E-state index is -1.16. The van der Waals surface area contributed by atoms with Crippen LogP contribution in [0.2, 0.25) is 0 Å². The quantitative estimate of drug-likeness (QED) is 0.809. The minimum absolute atomic E-state index is 0.0801. The van der Waals surface area contributed by atoms with E-state index in [2.05, 4.69) is 0 Å². The standard InChI is InChI=1S/C14H14O7/c1-7(2)20-13-12(17)11-8(19-6-10(15)16)4-3-5-9(11)21-14(13)18/h3-5,7,17H,6H2,1-2H3,(H,15,16). The molecule has 1 aromatic carbocycles. The molecule has 0 amide bonds. The van der Waals surface area contributed by atoms with Crippen LogP contribution in [0.25, 0.3) is 11.0 Å². The van der Waals surface area contributed by atoms with Crippen molar-refractivity contribution >= 4 is 16.9 Å². The van der Waals surface area contributed by atoms with E-state index in [9.17, 15) is 14.7 Å². The summed E-state index contributed by atoms with van der Waals surface area (Å²) in [6.45, 7) is 2.80. The number of carboxylic acids is 1. The molecule has 1 aromatic heterocycles. The van der Waals surface area contributed by atoms with Crippen molar-refractivity contribution in [2.24, 2.45) is 0 Å². The summed E-state index contributed by atoms with van der Waals surface area (Å²) in [6.07, 6.45) is -0.344. The van der Waals surface area contributed by atoms with E-state index in [0.29, 0.717) is 0 Å². The van der Waals surface area contributed by atoms with Gasteiger partial charge < -0.3 is 24.1 Å². The average molecular weight is 294 g/mol. The molecule has 2 rings (SSSR count). The van der Waals surface area contributed by atoms with Crippen molar-refractivity contribution in [3.05, 3.63) is 28.6 Å². The average Bonchev–Trinajstić information content (AvgIpc) is 2.40. The molecule has 7 nitrogen and oxygen atoms in total. The van der Waals surface area contributed by atoms with E-state index < -0.39 is 24.0 Å². The Morgan fingerprint density at radius 2 is 2.10 bits per heavy atom. The Hall–Kier alpha value is -2.70. The first kappa shape index (κ1) is 14.7. The van der Waals surface area contributed by atoms with Gasteiger partial charge in [0.05, 0.1) is 6.10 Å². The molecule has 0 saturated heterocycles. The van der Waals surface area contributed by atoms with Gasteiger partial charge in [-0.1, -0.05) is 6.07 Å². The van der Waals surface area contributed by atoms with Crippen LogP contribution in [0.3, 0.4) is 0 Å². The maximum atomic E-state index is 11.8. The Balaban J connectivity index is 2.61. The smallest absolute Gasteiger partial charge is 0.383 e. The van der Waals surface area contributed by atoms with Crippen LogP contribution < -0.4 is 15.1 Å². The van der Waals surface area contributed by atoms with Crippen molar-refractivity contribution in [3.8, 4) is 17.2 Å². The lowest BCUT2D eigenvalue weighted by molar-refractivity contribution is -0.139. The second kappa shape index (κ2) is 5.74. The minimum Gasteiger partial charge on any atom is -0.503 e. The highest BCUT2D eigenvalue weighted by Gasteiger charge is 2.20. The summed E-state index contributed by atoms with van der Waals surface area (Å²) in [7, 11) is 0. The topological polar surface area (TPSA) is 106 Å². The maximum Gasteiger partial charge on any atom is 0.383 e. The van der Waals surface area contributed by atoms with Crippen LogP contribution in [0.1, 0.15) is 13.8 Å². The predicted octanol–water partition coefficient (Wildman–Crippen LogP) is 1.75. The van der Waals surface area contributed by atoms with E-state index in [1.807, 2.05) is 0 Å².